The number of fused-ring (bicyclic) bond motifs is 1. The van der Waals surface area contributed by atoms with Gasteiger partial charge in [-0.2, -0.15) is 9.97 Å². The van der Waals surface area contributed by atoms with Crippen molar-refractivity contribution in [1.82, 2.24) is 15.5 Å². The maximum absolute atomic E-state index is 10.3. The fourth-order valence-electron chi connectivity index (χ4n) is 4.33. The standard InChI is InChI=1S/C23H35ClN8O2/c1-12(2)31-18-21(26-11-14-5-10-17(24)20(34)19(14)33)28-23(27-16-8-6-15(25)7-9-16)29-22(18)32(30-31)13(3)4/h5,10,12-13,15-16,30,33-34H,6-9,11,25H2,1-4H3,(H2,26,27,28,29). The van der Waals surface area contributed by atoms with E-state index in [4.69, 9.17) is 27.3 Å². The van der Waals surface area contributed by atoms with Gasteiger partial charge in [-0.3, -0.25) is 10.0 Å². The number of phenols is 2. The van der Waals surface area contributed by atoms with Crippen molar-refractivity contribution in [2.24, 2.45) is 5.73 Å². The van der Waals surface area contributed by atoms with Crippen LogP contribution in [0.4, 0.5) is 23.3 Å². The minimum atomic E-state index is -0.330. The van der Waals surface area contributed by atoms with Gasteiger partial charge in [0.1, 0.15) is 5.69 Å². The van der Waals surface area contributed by atoms with Gasteiger partial charge in [0.15, 0.2) is 23.1 Å². The molecule has 186 valence electrons. The van der Waals surface area contributed by atoms with Gasteiger partial charge in [0.2, 0.25) is 5.95 Å². The van der Waals surface area contributed by atoms with E-state index in [-0.39, 0.29) is 47.2 Å². The molecule has 2 heterocycles. The fraction of sp³-hybridized carbons (Fsp3) is 0.565. The highest BCUT2D eigenvalue weighted by molar-refractivity contribution is 6.32. The van der Waals surface area contributed by atoms with E-state index < -0.39 is 0 Å². The smallest absolute Gasteiger partial charge is 0.227 e. The predicted molar refractivity (Wildman–Crippen MR) is 136 cm³/mol. The molecule has 1 aromatic carbocycles. The number of benzene rings is 1. The third-order valence-electron chi connectivity index (χ3n) is 6.32. The lowest BCUT2D eigenvalue weighted by atomic mass is 9.92. The molecule has 34 heavy (non-hydrogen) atoms. The van der Waals surface area contributed by atoms with E-state index in [1.165, 1.54) is 0 Å². The molecular formula is C23H35ClN8O2. The molecule has 1 fully saturated rings. The first-order valence-electron chi connectivity index (χ1n) is 11.9. The van der Waals surface area contributed by atoms with Gasteiger partial charge < -0.3 is 26.6 Å². The Kier molecular flexibility index (Phi) is 7.11. The number of hydrogen-bond acceptors (Lipinski definition) is 10. The van der Waals surface area contributed by atoms with Gasteiger partial charge >= 0.3 is 0 Å². The average Bonchev–Trinajstić information content (AvgIpc) is 3.19. The summed E-state index contributed by atoms with van der Waals surface area (Å²) in [6.45, 7) is 8.61. The van der Waals surface area contributed by atoms with Crippen LogP contribution in [-0.4, -0.2) is 44.3 Å². The summed E-state index contributed by atoms with van der Waals surface area (Å²) in [5.41, 5.74) is 10.8. The van der Waals surface area contributed by atoms with Gasteiger partial charge in [0.05, 0.1) is 5.02 Å². The first-order chi connectivity index (χ1) is 16.2. The quantitative estimate of drug-likeness (QED) is 0.319. The second-order valence-electron chi connectivity index (χ2n) is 9.61. The Morgan fingerprint density at radius 3 is 2.38 bits per heavy atom. The van der Waals surface area contributed by atoms with Gasteiger partial charge in [-0.25, -0.2) is 0 Å². The SMILES string of the molecule is CC(C)N1NN(C(C)C)c2c(NCc3ccc(Cl)c(O)c3O)nc(NC3CCC(N)CC3)nc21. The van der Waals surface area contributed by atoms with Crippen molar-refractivity contribution in [3.63, 3.8) is 0 Å². The van der Waals surface area contributed by atoms with Gasteiger partial charge in [-0.05, 0) is 59.4 Å². The third-order valence-corrected chi connectivity index (χ3v) is 6.62. The van der Waals surface area contributed by atoms with E-state index in [0.717, 1.165) is 37.2 Å². The molecule has 2 aromatic rings. The summed E-state index contributed by atoms with van der Waals surface area (Å²) < 4.78 is 0. The largest absolute Gasteiger partial charge is 0.504 e. The summed E-state index contributed by atoms with van der Waals surface area (Å²) in [5, 5.41) is 31.4. The fourth-order valence-corrected chi connectivity index (χ4v) is 4.48. The molecule has 4 rings (SSSR count). The van der Waals surface area contributed by atoms with Crippen LogP contribution in [-0.2, 0) is 6.54 Å². The number of aromatic nitrogens is 2. The highest BCUT2D eigenvalue weighted by Crippen LogP contribution is 2.41. The molecule has 0 saturated heterocycles. The van der Waals surface area contributed by atoms with Gasteiger partial charge in [0.25, 0.3) is 0 Å². The lowest BCUT2D eigenvalue weighted by molar-refractivity contribution is 0.400. The number of anilines is 4. The number of nitrogens with two attached hydrogens (primary N) is 1. The number of nitrogens with zero attached hydrogens (tertiary/aromatic N) is 4. The first kappa shape index (κ1) is 24.4. The molecule has 1 aliphatic heterocycles. The molecule has 11 heteroatoms. The molecule has 1 aromatic heterocycles. The number of phenolic OH excluding ortho intramolecular Hbond substituents is 2. The van der Waals surface area contributed by atoms with Gasteiger partial charge in [0, 0.05) is 36.3 Å². The van der Waals surface area contributed by atoms with Crippen LogP contribution in [0.15, 0.2) is 12.1 Å². The molecular weight excluding hydrogens is 456 g/mol. The predicted octanol–water partition coefficient (Wildman–Crippen LogP) is 3.70. The van der Waals surface area contributed by atoms with Crippen LogP contribution in [0.25, 0.3) is 0 Å². The molecule has 0 bridgehead atoms. The molecule has 0 unspecified atom stereocenters. The molecule has 10 nitrogen and oxygen atoms in total. The van der Waals surface area contributed by atoms with Crippen LogP contribution in [0, 0.1) is 0 Å². The number of aromatic hydroxyl groups is 2. The van der Waals surface area contributed by atoms with Crippen molar-refractivity contribution >= 4 is 34.9 Å². The second kappa shape index (κ2) is 9.89. The lowest BCUT2D eigenvalue weighted by Gasteiger charge is -2.27. The van der Waals surface area contributed by atoms with E-state index in [2.05, 4.69) is 43.9 Å². The summed E-state index contributed by atoms with van der Waals surface area (Å²) in [6.07, 6.45) is 3.92. The van der Waals surface area contributed by atoms with Crippen molar-refractivity contribution in [1.29, 1.82) is 0 Å². The van der Waals surface area contributed by atoms with E-state index >= 15 is 0 Å². The minimum Gasteiger partial charge on any atom is -0.504 e. The lowest BCUT2D eigenvalue weighted by Crippen LogP contribution is -2.50. The highest BCUT2D eigenvalue weighted by Gasteiger charge is 2.35. The Morgan fingerprint density at radius 2 is 1.74 bits per heavy atom. The number of hydrazine groups is 2. The Bertz CT molecular complexity index is 1030. The first-order valence-corrected chi connectivity index (χ1v) is 12.3. The monoisotopic (exact) mass is 490 g/mol. The number of nitrogens with one attached hydrogen (secondary N) is 3. The summed E-state index contributed by atoms with van der Waals surface area (Å²) in [4.78, 5) is 9.71. The van der Waals surface area contributed by atoms with Crippen molar-refractivity contribution in [2.75, 3.05) is 20.7 Å². The Hall–Kier alpha value is -2.69. The molecule has 1 saturated carbocycles. The topological polar surface area (TPSA) is 135 Å². The highest BCUT2D eigenvalue weighted by atomic mass is 35.5. The molecule has 0 atom stereocenters. The Balaban J connectivity index is 1.69. The van der Waals surface area contributed by atoms with Crippen LogP contribution in [0.1, 0.15) is 58.9 Å². The number of halogens is 1. The molecule has 0 amide bonds. The van der Waals surface area contributed by atoms with Crippen molar-refractivity contribution in [3.05, 3.63) is 22.7 Å². The Morgan fingerprint density at radius 1 is 1.06 bits per heavy atom. The van der Waals surface area contributed by atoms with Gasteiger partial charge in [-0.15, -0.1) is 5.53 Å². The summed E-state index contributed by atoms with van der Waals surface area (Å²) in [7, 11) is 0. The zero-order valence-electron chi connectivity index (χ0n) is 20.1. The molecule has 7 N–H and O–H groups in total. The van der Waals surface area contributed by atoms with Crippen molar-refractivity contribution < 1.29 is 10.2 Å². The molecule has 1 aliphatic carbocycles. The zero-order valence-corrected chi connectivity index (χ0v) is 20.9. The van der Waals surface area contributed by atoms with Crippen LogP contribution in [0.3, 0.4) is 0 Å². The van der Waals surface area contributed by atoms with E-state index in [1.807, 2.05) is 10.0 Å². The average molecular weight is 491 g/mol. The zero-order chi connectivity index (χ0) is 24.6. The summed E-state index contributed by atoms with van der Waals surface area (Å²) in [5.74, 6) is 1.37. The third kappa shape index (κ3) is 4.89. The normalized spacial score (nSPS) is 20.2. The van der Waals surface area contributed by atoms with E-state index in [0.29, 0.717) is 17.3 Å². The van der Waals surface area contributed by atoms with Crippen LogP contribution in [0.2, 0.25) is 5.02 Å². The molecule has 0 spiro atoms. The van der Waals surface area contributed by atoms with Gasteiger partial charge in [-0.1, -0.05) is 17.7 Å². The van der Waals surface area contributed by atoms with Crippen LogP contribution >= 0.6 is 11.6 Å². The molecule has 2 aliphatic rings. The number of rotatable bonds is 7. The van der Waals surface area contributed by atoms with Crippen molar-refractivity contribution in [3.8, 4) is 11.5 Å². The second-order valence-corrected chi connectivity index (χ2v) is 10.0. The Labute approximate surface area is 205 Å². The van der Waals surface area contributed by atoms with Crippen LogP contribution in [0.5, 0.6) is 11.5 Å². The van der Waals surface area contributed by atoms with E-state index in [9.17, 15) is 10.2 Å². The molecule has 0 radical (unpaired) electrons. The van der Waals surface area contributed by atoms with E-state index in [1.54, 1.807) is 12.1 Å². The maximum Gasteiger partial charge on any atom is 0.227 e. The maximum atomic E-state index is 10.3. The minimum absolute atomic E-state index is 0.102. The summed E-state index contributed by atoms with van der Waals surface area (Å²) in [6, 6.07) is 4.06. The number of hydrogen-bond donors (Lipinski definition) is 6. The van der Waals surface area contributed by atoms with Crippen LogP contribution < -0.4 is 31.9 Å². The summed E-state index contributed by atoms with van der Waals surface area (Å²) >= 11 is 5.91. The van der Waals surface area contributed by atoms with Crippen molar-refractivity contribution in [2.45, 2.75) is 84.1 Å².